The molecule has 1 fully saturated rings. The van der Waals surface area contributed by atoms with Gasteiger partial charge >= 0.3 is 0 Å². The summed E-state index contributed by atoms with van der Waals surface area (Å²) in [7, 11) is 0. The van der Waals surface area contributed by atoms with Crippen LogP contribution in [-0.2, 0) is 0 Å². The van der Waals surface area contributed by atoms with Gasteiger partial charge in [-0.2, -0.15) is 0 Å². The summed E-state index contributed by atoms with van der Waals surface area (Å²) in [5.41, 5.74) is 0. The van der Waals surface area contributed by atoms with Crippen molar-refractivity contribution in [3.8, 4) is 5.75 Å². The number of rotatable bonds is 2. The Bertz CT molecular complexity index is 326. The van der Waals surface area contributed by atoms with Crippen LogP contribution < -0.4 is 10.1 Å². The van der Waals surface area contributed by atoms with Gasteiger partial charge in [-0.15, -0.1) is 0 Å². The van der Waals surface area contributed by atoms with E-state index in [4.69, 9.17) is 4.74 Å². The average Bonchev–Trinajstić information content (AvgIpc) is 2.64. The van der Waals surface area contributed by atoms with Crippen molar-refractivity contribution in [2.45, 2.75) is 12.5 Å². The van der Waals surface area contributed by atoms with Crippen molar-refractivity contribution in [2.75, 3.05) is 13.1 Å². The minimum Gasteiger partial charge on any atom is -0.489 e. The SMILES string of the molecule is Fc1ccc(OC2CCNC2)cc1Br. The first kappa shape index (κ1) is 9.93. The highest BCUT2D eigenvalue weighted by Crippen LogP contribution is 2.23. The van der Waals surface area contributed by atoms with Crippen LogP contribution in [0.2, 0.25) is 0 Å². The molecule has 1 aromatic rings. The molecule has 1 aliphatic rings. The molecule has 0 aliphatic carbocycles. The Hall–Kier alpha value is -0.610. The summed E-state index contributed by atoms with van der Waals surface area (Å²) in [5, 5.41) is 3.21. The quantitative estimate of drug-likeness (QED) is 0.881. The van der Waals surface area contributed by atoms with Crippen LogP contribution in [0.4, 0.5) is 4.39 Å². The molecule has 14 heavy (non-hydrogen) atoms. The fourth-order valence-electron chi connectivity index (χ4n) is 1.47. The van der Waals surface area contributed by atoms with Crippen molar-refractivity contribution in [3.63, 3.8) is 0 Å². The molecule has 1 aliphatic heterocycles. The van der Waals surface area contributed by atoms with Crippen LogP contribution in [0.3, 0.4) is 0 Å². The van der Waals surface area contributed by atoms with E-state index in [9.17, 15) is 4.39 Å². The molecule has 1 N–H and O–H groups in total. The van der Waals surface area contributed by atoms with E-state index in [1.807, 2.05) is 0 Å². The van der Waals surface area contributed by atoms with Crippen LogP contribution >= 0.6 is 15.9 Å². The predicted molar refractivity (Wildman–Crippen MR) is 56.0 cm³/mol. The lowest BCUT2D eigenvalue weighted by Crippen LogP contribution is -2.19. The lowest BCUT2D eigenvalue weighted by molar-refractivity contribution is 0.222. The third kappa shape index (κ3) is 2.25. The number of nitrogens with one attached hydrogen (secondary N) is 1. The third-order valence-electron chi connectivity index (χ3n) is 2.21. The second-order valence-corrected chi connectivity index (χ2v) is 4.16. The third-order valence-corrected chi connectivity index (χ3v) is 2.82. The lowest BCUT2D eigenvalue weighted by atomic mass is 10.3. The summed E-state index contributed by atoms with van der Waals surface area (Å²) in [4.78, 5) is 0. The number of halogens is 2. The number of hydrogen-bond acceptors (Lipinski definition) is 2. The zero-order valence-electron chi connectivity index (χ0n) is 7.59. The summed E-state index contributed by atoms with van der Waals surface area (Å²) in [5.74, 6) is 0.453. The van der Waals surface area contributed by atoms with Gasteiger partial charge in [0.1, 0.15) is 17.7 Å². The van der Waals surface area contributed by atoms with E-state index in [2.05, 4.69) is 21.2 Å². The van der Waals surface area contributed by atoms with Crippen molar-refractivity contribution in [2.24, 2.45) is 0 Å². The molecular weight excluding hydrogens is 249 g/mol. The molecule has 0 spiro atoms. The Kier molecular flexibility index (Phi) is 3.03. The van der Waals surface area contributed by atoms with Gasteiger partial charge in [-0.3, -0.25) is 0 Å². The smallest absolute Gasteiger partial charge is 0.137 e. The van der Waals surface area contributed by atoms with Crippen LogP contribution in [0.5, 0.6) is 5.75 Å². The maximum Gasteiger partial charge on any atom is 0.137 e. The van der Waals surface area contributed by atoms with Gasteiger partial charge in [-0.25, -0.2) is 4.39 Å². The first-order chi connectivity index (χ1) is 6.75. The number of benzene rings is 1. The molecule has 1 atom stereocenters. The van der Waals surface area contributed by atoms with Crippen LogP contribution in [-0.4, -0.2) is 19.2 Å². The maximum atomic E-state index is 12.9. The largest absolute Gasteiger partial charge is 0.489 e. The molecule has 4 heteroatoms. The normalized spacial score (nSPS) is 21.1. The minimum absolute atomic E-state index is 0.215. The predicted octanol–water partition coefficient (Wildman–Crippen LogP) is 2.33. The van der Waals surface area contributed by atoms with Gasteiger partial charge < -0.3 is 10.1 Å². The highest BCUT2D eigenvalue weighted by Gasteiger charge is 2.16. The van der Waals surface area contributed by atoms with Crippen LogP contribution in [0, 0.1) is 5.82 Å². The van der Waals surface area contributed by atoms with E-state index in [0.29, 0.717) is 10.2 Å². The van der Waals surface area contributed by atoms with Gasteiger partial charge in [0.05, 0.1) is 4.47 Å². The van der Waals surface area contributed by atoms with E-state index in [0.717, 1.165) is 19.5 Å². The maximum absolute atomic E-state index is 12.9. The molecule has 1 unspecified atom stereocenters. The molecule has 1 aromatic carbocycles. The molecule has 0 bridgehead atoms. The summed E-state index contributed by atoms with van der Waals surface area (Å²) < 4.78 is 19.0. The van der Waals surface area contributed by atoms with Crippen molar-refractivity contribution >= 4 is 15.9 Å². The summed E-state index contributed by atoms with van der Waals surface area (Å²) in [6, 6.07) is 4.72. The van der Waals surface area contributed by atoms with Gasteiger partial charge in [0, 0.05) is 6.54 Å². The Morgan fingerprint density at radius 2 is 2.36 bits per heavy atom. The van der Waals surface area contributed by atoms with Gasteiger partial charge in [-0.1, -0.05) is 0 Å². The second-order valence-electron chi connectivity index (χ2n) is 3.31. The van der Waals surface area contributed by atoms with Crippen LogP contribution in [0.25, 0.3) is 0 Å². The van der Waals surface area contributed by atoms with Crippen molar-refractivity contribution in [3.05, 3.63) is 28.5 Å². The molecule has 0 radical (unpaired) electrons. The molecular formula is C10H11BrFNO. The summed E-state index contributed by atoms with van der Waals surface area (Å²) >= 11 is 3.12. The Balaban J connectivity index is 2.05. The average molecular weight is 260 g/mol. The van der Waals surface area contributed by atoms with E-state index < -0.39 is 0 Å². The zero-order valence-corrected chi connectivity index (χ0v) is 9.18. The molecule has 2 rings (SSSR count). The Morgan fingerprint density at radius 3 is 3.00 bits per heavy atom. The van der Waals surface area contributed by atoms with Gasteiger partial charge in [-0.05, 0) is 47.1 Å². The second kappa shape index (κ2) is 4.28. The van der Waals surface area contributed by atoms with E-state index in [1.54, 1.807) is 12.1 Å². The highest BCUT2D eigenvalue weighted by atomic mass is 79.9. The Morgan fingerprint density at radius 1 is 1.50 bits per heavy atom. The van der Waals surface area contributed by atoms with Gasteiger partial charge in [0.15, 0.2) is 0 Å². The topological polar surface area (TPSA) is 21.3 Å². The zero-order chi connectivity index (χ0) is 9.97. The Labute approximate surface area is 90.6 Å². The van der Waals surface area contributed by atoms with Gasteiger partial charge in [0.2, 0.25) is 0 Å². The molecule has 76 valence electrons. The first-order valence-electron chi connectivity index (χ1n) is 4.58. The molecule has 0 saturated carbocycles. The highest BCUT2D eigenvalue weighted by molar-refractivity contribution is 9.10. The van der Waals surface area contributed by atoms with Gasteiger partial charge in [0.25, 0.3) is 0 Å². The lowest BCUT2D eigenvalue weighted by Gasteiger charge is -2.12. The van der Waals surface area contributed by atoms with E-state index in [-0.39, 0.29) is 11.9 Å². The van der Waals surface area contributed by atoms with Crippen molar-refractivity contribution < 1.29 is 9.13 Å². The summed E-state index contributed by atoms with van der Waals surface area (Å²) in [6.45, 7) is 1.86. The van der Waals surface area contributed by atoms with Crippen molar-refractivity contribution in [1.29, 1.82) is 0 Å². The monoisotopic (exact) mass is 259 g/mol. The molecule has 0 aromatic heterocycles. The first-order valence-corrected chi connectivity index (χ1v) is 5.37. The van der Waals surface area contributed by atoms with E-state index in [1.165, 1.54) is 6.07 Å². The number of hydrogen-bond donors (Lipinski definition) is 1. The number of ether oxygens (including phenoxy) is 1. The van der Waals surface area contributed by atoms with Crippen LogP contribution in [0.1, 0.15) is 6.42 Å². The van der Waals surface area contributed by atoms with Crippen molar-refractivity contribution in [1.82, 2.24) is 5.32 Å². The fraction of sp³-hybridized carbons (Fsp3) is 0.400. The van der Waals surface area contributed by atoms with E-state index >= 15 is 0 Å². The molecule has 2 nitrogen and oxygen atoms in total. The summed E-state index contributed by atoms with van der Waals surface area (Å²) in [6.07, 6.45) is 1.22. The van der Waals surface area contributed by atoms with Crippen LogP contribution in [0.15, 0.2) is 22.7 Å². The minimum atomic E-state index is -0.262. The molecule has 0 amide bonds. The molecule has 1 heterocycles. The molecule has 1 saturated heterocycles. The fourth-order valence-corrected chi connectivity index (χ4v) is 1.83. The standard InChI is InChI=1S/C10H11BrFNO/c11-9-5-7(1-2-10(9)12)14-8-3-4-13-6-8/h1-2,5,8,13H,3-4,6H2.